The molecule has 1 aromatic carbocycles. The molecule has 0 aliphatic carbocycles. The van der Waals surface area contributed by atoms with E-state index in [-0.39, 0.29) is 11.9 Å². The predicted octanol–water partition coefficient (Wildman–Crippen LogP) is 3.65. The van der Waals surface area contributed by atoms with Crippen molar-refractivity contribution in [1.29, 1.82) is 0 Å². The number of rotatable bonds is 3. The first kappa shape index (κ1) is 14.2. The smallest absolute Gasteiger partial charge is 0.153 e. The molecule has 110 valence electrons. The molecule has 2 N–H and O–H groups in total. The van der Waals surface area contributed by atoms with Crippen LogP contribution in [-0.2, 0) is 6.54 Å². The van der Waals surface area contributed by atoms with Crippen LogP contribution in [0.5, 0.6) is 0 Å². The van der Waals surface area contributed by atoms with Gasteiger partial charge in [0.05, 0.1) is 16.1 Å². The van der Waals surface area contributed by atoms with Crippen LogP contribution < -0.4 is 5.73 Å². The lowest BCUT2D eigenvalue weighted by Crippen LogP contribution is -2.02. The number of aromatic nitrogens is 3. The average molecular weight is 304 g/mol. The van der Waals surface area contributed by atoms with E-state index in [9.17, 15) is 4.39 Å². The van der Waals surface area contributed by atoms with Crippen molar-refractivity contribution >= 4 is 22.4 Å². The summed E-state index contributed by atoms with van der Waals surface area (Å²) in [5.41, 5.74) is 7.77. The first-order chi connectivity index (χ1) is 10.0. The van der Waals surface area contributed by atoms with Crippen molar-refractivity contribution in [1.82, 2.24) is 14.5 Å². The van der Waals surface area contributed by atoms with Crippen LogP contribution in [0.3, 0.4) is 0 Å². The number of benzene rings is 1. The molecule has 0 amide bonds. The van der Waals surface area contributed by atoms with Gasteiger partial charge in [0.15, 0.2) is 11.6 Å². The van der Waals surface area contributed by atoms with E-state index in [0.29, 0.717) is 12.1 Å². The SMILES string of the molecule is Cc1nc(CN)sc1-c1nc2c(F)cccc2n1C(C)C. The van der Waals surface area contributed by atoms with Gasteiger partial charge in [-0.3, -0.25) is 0 Å². The van der Waals surface area contributed by atoms with Crippen LogP contribution in [0.2, 0.25) is 0 Å². The maximum atomic E-state index is 14.0. The first-order valence-electron chi connectivity index (χ1n) is 6.86. The number of nitrogens with two attached hydrogens (primary N) is 1. The van der Waals surface area contributed by atoms with Gasteiger partial charge in [0.25, 0.3) is 0 Å². The number of halogens is 1. The molecule has 0 aliphatic heterocycles. The largest absolute Gasteiger partial charge is 0.325 e. The molecule has 3 aromatic rings. The molecule has 6 heteroatoms. The van der Waals surface area contributed by atoms with Crippen molar-refractivity contribution in [2.75, 3.05) is 0 Å². The molecule has 0 atom stereocenters. The summed E-state index contributed by atoms with van der Waals surface area (Å²) < 4.78 is 16.1. The van der Waals surface area contributed by atoms with Gasteiger partial charge in [-0.25, -0.2) is 14.4 Å². The second-order valence-electron chi connectivity index (χ2n) is 5.23. The average Bonchev–Trinajstić information content (AvgIpc) is 2.99. The highest BCUT2D eigenvalue weighted by Gasteiger charge is 2.20. The third-order valence-electron chi connectivity index (χ3n) is 3.41. The Morgan fingerprint density at radius 2 is 2.10 bits per heavy atom. The van der Waals surface area contributed by atoms with Crippen molar-refractivity contribution in [3.8, 4) is 10.7 Å². The summed E-state index contributed by atoms with van der Waals surface area (Å²) >= 11 is 1.52. The number of imidazole rings is 1. The Bertz CT molecular complexity index is 803. The highest BCUT2D eigenvalue weighted by molar-refractivity contribution is 7.15. The molecule has 3 rings (SSSR count). The zero-order chi connectivity index (χ0) is 15.1. The monoisotopic (exact) mass is 304 g/mol. The van der Waals surface area contributed by atoms with Gasteiger partial charge in [0.1, 0.15) is 10.5 Å². The van der Waals surface area contributed by atoms with E-state index >= 15 is 0 Å². The van der Waals surface area contributed by atoms with E-state index in [1.165, 1.54) is 17.4 Å². The van der Waals surface area contributed by atoms with Gasteiger partial charge >= 0.3 is 0 Å². The second-order valence-corrected chi connectivity index (χ2v) is 6.32. The molecule has 0 fully saturated rings. The summed E-state index contributed by atoms with van der Waals surface area (Å²) in [5.74, 6) is 0.467. The Morgan fingerprint density at radius 1 is 1.33 bits per heavy atom. The predicted molar refractivity (Wildman–Crippen MR) is 83.8 cm³/mol. The molecule has 4 nitrogen and oxygen atoms in total. The van der Waals surface area contributed by atoms with Crippen molar-refractivity contribution in [2.24, 2.45) is 5.73 Å². The molecule has 0 aliphatic rings. The normalized spacial score (nSPS) is 11.7. The van der Waals surface area contributed by atoms with Crippen LogP contribution in [0.4, 0.5) is 4.39 Å². The Morgan fingerprint density at radius 3 is 2.71 bits per heavy atom. The number of thiazole rings is 1. The number of nitrogens with zero attached hydrogens (tertiary/aromatic N) is 3. The van der Waals surface area contributed by atoms with E-state index in [2.05, 4.69) is 28.4 Å². The second kappa shape index (κ2) is 5.20. The summed E-state index contributed by atoms with van der Waals surface area (Å²) in [6.45, 7) is 6.47. The van der Waals surface area contributed by atoms with Crippen molar-refractivity contribution in [2.45, 2.75) is 33.4 Å². The van der Waals surface area contributed by atoms with Crippen LogP contribution in [0, 0.1) is 12.7 Å². The van der Waals surface area contributed by atoms with E-state index in [0.717, 1.165) is 26.9 Å². The Kier molecular flexibility index (Phi) is 3.51. The summed E-state index contributed by atoms with van der Waals surface area (Å²) in [6.07, 6.45) is 0. The lowest BCUT2D eigenvalue weighted by molar-refractivity contribution is 0.623. The van der Waals surface area contributed by atoms with Gasteiger partial charge < -0.3 is 10.3 Å². The molecule has 21 heavy (non-hydrogen) atoms. The first-order valence-corrected chi connectivity index (χ1v) is 7.67. The number of para-hydroxylation sites is 1. The van der Waals surface area contributed by atoms with E-state index < -0.39 is 0 Å². The van der Waals surface area contributed by atoms with Crippen molar-refractivity contribution < 1.29 is 4.39 Å². The van der Waals surface area contributed by atoms with Gasteiger partial charge in [-0.2, -0.15) is 0 Å². The van der Waals surface area contributed by atoms with Gasteiger partial charge in [-0.1, -0.05) is 6.07 Å². The Balaban J connectivity index is 2.33. The van der Waals surface area contributed by atoms with Gasteiger partial charge in [0.2, 0.25) is 0 Å². The number of hydrogen-bond acceptors (Lipinski definition) is 4. The van der Waals surface area contributed by atoms with Crippen LogP contribution in [0.15, 0.2) is 18.2 Å². The summed E-state index contributed by atoms with van der Waals surface area (Å²) in [7, 11) is 0. The minimum atomic E-state index is -0.297. The lowest BCUT2D eigenvalue weighted by atomic mass is 10.2. The van der Waals surface area contributed by atoms with Crippen LogP contribution in [0.25, 0.3) is 21.7 Å². The molecule has 2 aromatic heterocycles. The van der Waals surface area contributed by atoms with Gasteiger partial charge in [-0.05, 0) is 32.9 Å². The molecule has 0 spiro atoms. The number of aryl methyl sites for hydroxylation is 1. The minimum absolute atomic E-state index is 0.176. The fourth-order valence-electron chi connectivity index (χ4n) is 2.51. The standard InChI is InChI=1S/C15H17FN4S/c1-8(2)20-11-6-4-5-10(16)13(11)19-15(20)14-9(3)18-12(7-17)21-14/h4-6,8H,7,17H2,1-3H3. The minimum Gasteiger partial charge on any atom is -0.325 e. The molecule has 0 saturated heterocycles. The van der Waals surface area contributed by atoms with Crippen LogP contribution in [0.1, 0.15) is 30.6 Å². The zero-order valence-corrected chi connectivity index (χ0v) is 13.0. The maximum absolute atomic E-state index is 14.0. The molecule has 0 unspecified atom stereocenters. The summed E-state index contributed by atoms with van der Waals surface area (Å²) in [6, 6.07) is 5.23. The third kappa shape index (κ3) is 2.24. The quantitative estimate of drug-likeness (QED) is 0.803. The van der Waals surface area contributed by atoms with Gasteiger partial charge in [-0.15, -0.1) is 11.3 Å². The van der Waals surface area contributed by atoms with Crippen LogP contribution >= 0.6 is 11.3 Å². The fraction of sp³-hybridized carbons (Fsp3) is 0.333. The summed E-state index contributed by atoms with van der Waals surface area (Å²) in [4.78, 5) is 9.93. The number of hydrogen-bond donors (Lipinski definition) is 1. The maximum Gasteiger partial charge on any atom is 0.153 e. The molecular formula is C15H17FN4S. The van der Waals surface area contributed by atoms with E-state index in [1.54, 1.807) is 6.07 Å². The van der Waals surface area contributed by atoms with Crippen molar-refractivity contribution in [3.63, 3.8) is 0 Å². The number of fused-ring (bicyclic) bond motifs is 1. The van der Waals surface area contributed by atoms with Gasteiger partial charge in [0, 0.05) is 12.6 Å². The molecular weight excluding hydrogens is 287 g/mol. The lowest BCUT2D eigenvalue weighted by Gasteiger charge is -2.12. The van der Waals surface area contributed by atoms with E-state index in [4.69, 9.17) is 5.73 Å². The highest BCUT2D eigenvalue weighted by atomic mass is 32.1. The Hall–Kier alpha value is -1.79. The Labute approximate surface area is 126 Å². The highest BCUT2D eigenvalue weighted by Crippen LogP contribution is 2.34. The molecule has 2 heterocycles. The summed E-state index contributed by atoms with van der Waals surface area (Å²) in [5, 5.41) is 0.866. The van der Waals surface area contributed by atoms with Crippen molar-refractivity contribution in [3.05, 3.63) is 34.7 Å². The zero-order valence-electron chi connectivity index (χ0n) is 12.2. The fourth-order valence-corrected chi connectivity index (χ4v) is 3.44. The third-order valence-corrected chi connectivity index (χ3v) is 4.58. The van der Waals surface area contributed by atoms with Crippen LogP contribution in [-0.4, -0.2) is 14.5 Å². The molecule has 0 bridgehead atoms. The molecule has 0 saturated carbocycles. The topological polar surface area (TPSA) is 56.7 Å². The van der Waals surface area contributed by atoms with E-state index in [1.807, 2.05) is 13.0 Å². The molecule has 0 radical (unpaired) electrons.